The van der Waals surface area contributed by atoms with Crippen LogP contribution in [0.15, 0.2) is 12.3 Å². The van der Waals surface area contributed by atoms with Crippen LogP contribution < -0.4 is 0 Å². The summed E-state index contributed by atoms with van der Waals surface area (Å²) in [6.45, 7) is 10.5. The molecule has 1 nitrogen and oxygen atoms in total. The predicted molar refractivity (Wildman–Crippen MR) is 56.6 cm³/mol. The highest BCUT2D eigenvalue weighted by Gasteiger charge is 2.32. The van der Waals surface area contributed by atoms with Gasteiger partial charge in [0.2, 0.25) is 0 Å². The Morgan fingerprint density at radius 3 is 2.46 bits per heavy atom. The molecule has 0 amide bonds. The van der Waals surface area contributed by atoms with Gasteiger partial charge in [0.15, 0.2) is 0 Å². The highest BCUT2D eigenvalue weighted by atomic mass is 16.3. The maximum atomic E-state index is 9.52. The minimum atomic E-state index is 0.351. The van der Waals surface area contributed by atoms with Gasteiger partial charge in [-0.3, -0.25) is 0 Å². The summed E-state index contributed by atoms with van der Waals surface area (Å²) in [5, 5.41) is 9.52. The minimum absolute atomic E-state index is 0.351. The lowest BCUT2D eigenvalue weighted by atomic mass is 9.69. The fourth-order valence-electron chi connectivity index (χ4n) is 2.59. The van der Waals surface area contributed by atoms with Gasteiger partial charge in [0.1, 0.15) is 0 Å². The molecule has 1 aliphatic rings. The van der Waals surface area contributed by atoms with Crippen LogP contribution >= 0.6 is 0 Å². The Hall–Kier alpha value is -0.460. The third kappa shape index (κ3) is 2.49. The number of hydrogen-bond acceptors (Lipinski definition) is 1. The third-order valence-electron chi connectivity index (χ3n) is 3.45. The van der Waals surface area contributed by atoms with Crippen LogP contribution in [0.4, 0.5) is 0 Å². The molecule has 0 spiro atoms. The number of rotatable bonds is 2. The standard InChI is InChI=1S/C12H22O/c1-8(2)11-6-5-9(3)7-12(11)10(4)13/h8-9,11-13H,4-7H2,1-3H3. The van der Waals surface area contributed by atoms with E-state index in [1.807, 2.05) is 0 Å². The van der Waals surface area contributed by atoms with E-state index in [0.717, 1.165) is 12.3 Å². The van der Waals surface area contributed by atoms with Gasteiger partial charge in [-0.25, -0.2) is 0 Å². The quantitative estimate of drug-likeness (QED) is 0.644. The second-order valence-corrected chi connectivity index (χ2v) is 4.92. The Morgan fingerprint density at radius 2 is 2.00 bits per heavy atom. The smallest absolute Gasteiger partial charge is 0.0884 e. The number of hydrogen-bond donors (Lipinski definition) is 1. The summed E-state index contributed by atoms with van der Waals surface area (Å²) in [5.74, 6) is 2.83. The zero-order valence-corrected chi connectivity index (χ0v) is 9.09. The van der Waals surface area contributed by atoms with E-state index in [1.54, 1.807) is 0 Å². The molecule has 0 aromatic heterocycles. The third-order valence-corrected chi connectivity index (χ3v) is 3.45. The molecule has 0 bridgehead atoms. The van der Waals surface area contributed by atoms with E-state index < -0.39 is 0 Å². The average molecular weight is 182 g/mol. The number of aliphatic hydroxyl groups excluding tert-OH is 1. The molecule has 3 unspecified atom stereocenters. The van der Waals surface area contributed by atoms with Gasteiger partial charge in [-0.1, -0.05) is 33.8 Å². The lowest BCUT2D eigenvalue weighted by Crippen LogP contribution is -2.28. The van der Waals surface area contributed by atoms with Crippen LogP contribution in [-0.2, 0) is 0 Å². The molecule has 1 saturated carbocycles. The van der Waals surface area contributed by atoms with Crippen molar-refractivity contribution in [3.8, 4) is 0 Å². The lowest BCUT2D eigenvalue weighted by molar-refractivity contribution is 0.131. The van der Waals surface area contributed by atoms with Crippen molar-refractivity contribution in [1.29, 1.82) is 0 Å². The van der Waals surface area contributed by atoms with Crippen molar-refractivity contribution in [2.75, 3.05) is 0 Å². The summed E-state index contributed by atoms with van der Waals surface area (Å²) in [6, 6.07) is 0. The molecule has 0 radical (unpaired) electrons. The Labute approximate surface area is 81.9 Å². The molecule has 1 fully saturated rings. The second-order valence-electron chi connectivity index (χ2n) is 4.92. The molecule has 0 aromatic carbocycles. The molecule has 13 heavy (non-hydrogen) atoms. The van der Waals surface area contributed by atoms with E-state index in [1.165, 1.54) is 12.8 Å². The molecular weight excluding hydrogens is 160 g/mol. The van der Waals surface area contributed by atoms with Gasteiger partial charge in [0.25, 0.3) is 0 Å². The van der Waals surface area contributed by atoms with Crippen LogP contribution in [-0.4, -0.2) is 5.11 Å². The summed E-state index contributed by atoms with van der Waals surface area (Å²) in [4.78, 5) is 0. The summed E-state index contributed by atoms with van der Waals surface area (Å²) in [7, 11) is 0. The van der Waals surface area contributed by atoms with Crippen molar-refractivity contribution < 1.29 is 5.11 Å². The Morgan fingerprint density at radius 1 is 1.38 bits per heavy atom. The van der Waals surface area contributed by atoms with E-state index in [2.05, 4.69) is 27.4 Å². The summed E-state index contributed by atoms with van der Waals surface area (Å²) in [6.07, 6.45) is 3.69. The molecule has 3 atom stereocenters. The Balaban J connectivity index is 2.66. The normalized spacial score (nSPS) is 34.9. The van der Waals surface area contributed by atoms with Crippen molar-refractivity contribution in [1.82, 2.24) is 0 Å². The first-order valence-corrected chi connectivity index (χ1v) is 5.40. The van der Waals surface area contributed by atoms with Gasteiger partial charge in [0.05, 0.1) is 5.76 Å². The van der Waals surface area contributed by atoms with E-state index >= 15 is 0 Å². The van der Waals surface area contributed by atoms with Crippen LogP contribution in [0, 0.1) is 23.7 Å². The lowest BCUT2D eigenvalue weighted by Gasteiger charge is -2.36. The molecule has 0 aliphatic heterocycles. The first-order valence-electron chi connectivity index (χ1n) is 5.40. The largest absolute Gasteiger partial charge is 0.513 e. The van der Waals surface area contributed by atoms with E-state index in [-0.39, 0.29) is 0 Å². The van der Waals surface area contributed by atoms with Gasteiger partial charge < -0.3 is 5.11 Å². The van der Waals surface area contributed by atoms with Gasteiger partial charge in [-0.15, -0.1) is 0 Å². The predicted octanol–water partition coefficient (Wildman–Crippen LogP) is 3.77. The van der Waals surface area contributed by atoms with Crippen molar-refractivity contribution in [3.63, 3.8) is 0 Å². The van der Waals surface area contributed by atoms with Crippen LogP contribution in [0.1, 0.15) is 40.0 Å². The van der Waals surface area contributed by atoms with Gasteiger partial charge in [-0.05, 0) is 30.6 Å². The van der Waals surface area contributed by atoms with Gasteiger partial charge in [-0.2, -0.15) is 0 Å². The Kier molecular flexibility index (Phi) is 3.40. The zero-order valence-electron chi connectivity index (χ0n) is 9.09. The topological polar surface area (TPSA) is 20.2 Å². The molecule has 1 heteroatoms. The zero-order chi connectivity index (χ0) is 10.0. The highest BCUT2D eigenvalue weighted by molar-refractivity contribution is 4.96. The average Bonchev–Trinajstić information content (AvgIpc) is 2.03. The SMILES string of the molecule is C=C(O)C1CC(C)CCC1C(C)C. The monoisotopic (exact) mass is 182 g/mol. The number of aliphatic hydroxyl groups is 1. The molecular formula is C12H22O. The van der Waals surface area contributed by atoms with Crippen molar-refractivity contribution >= 4 is 0 Å². The van der Waals surface area contributed by atoms with Crippen LogP contribution in [0.5, 0.6) is 0 Å². The van der Waals surface area contributed by atoms with Gasteiger partial charge >= 0.3 is 0 Å². The molecule has 1 N–H and O–H groups in total. The van der Waals surface area contributed by atoms with Crippen LogP contribution in [0.25, 0.3) is 0 Å². The molecule has 1 aliphatic carbocycles. The van der Waals surface area contributed by atoms with Crippen LogP contribution in [0.2, 0.25) is 0 Å². The molecule has 0 aromatic rings. The van der Waals surface area contributed by atoms with Crippen molar-refractivity contribution in [2.24, 2.45) is 23.7 Å². The maximum absolute atomic E-state index is 9.52. The summed E-state index contributed by atoms with van der Waals surface area (Å²) >= 11 is 0. The molecule has 76 valence electrons. The van der Waals surface area contributed by atoms with Crippen molar-refractivity contribution in [2.45, 2.75) is 40.0 Å². The maximum Gasteiger partial charge on any atom is 0.0884 e. The first-order chi connectivity index (χ1) is 6.02. The summed E-state index contributed by atoms with van der Waals surface area (Å²) < 4.78 is 0. The fourth-order valence-corrected chi connectivity index (χ4v) is 2.59. The minimum Gasteiger partial charge on any atom is -0.513 e. The number of allylic oxidation sites excluding steroid dienone is 1. The van der Waals surface area contributed by atoms with Gasteiger partial charge in [0, 0.05) is 5.92 Å². The summed E-state index contributed by atoms with van der Waals surface area (Å²) in [5.41, 5.74) is 0. The van der Waals surface area contributed by atoms with E-state index in [0.29, 0.717) is 23.5 Å². The molecule has 0 saturated heterocycles. The fraction of sp³-hybridized carbons (Fsp3) is 0.833. The molecule has 0 heterocycles. The Bertz CT molecular complexity index is 184. The van der Waals surface area contributed by atoms with E-state index in [9.17, 15) is 5.11 Å². The van der Waals surface area contributed by atoms with Crippen molar-refractivity contribution in [3.05, 3.63) is 12.3 Å². The van der Waals surface area contributed by atoms with E-state index in [4.69, 9.17) is 0 Å². The van der Waals surface area contributed by atoms with Crippen LogP contribution in [0.3, 0.4) is 0 Å². The highest BCUT2D eigenvalue weighted by Crippen LogP contribution is 2.40. The first kappa shape index (κ1) is 10.6. The second kappa shape index (κ2) is 4.17. The molecule has 1 rings (SSSR count).